The fraction of sp³-hybridized carbons (Fsp3) is 0.211. The third-order valence-electron chi connectivity index (χ3n) is 3.52. The quantitative estimate of drug-likeness (QED) is 0.750. The molecule has 0 saturated carbocycles. The van der Waals surface area contributed by atoms with Crippen LogP contribution in [0.15, 0.2) is 54.6 Å². The smallest absolute Gasteiger partial charge is 0.338 e. The van der Waals surface area contributed by atoms with Gasteiger partial charge < -0.3 is 15.2 Å². The van der Waals surface area contributed by atoms with Crippen LogP contribution < -0.4 is 5.32 Å². The Hall–Kier alpha value is -3.15. The van der Waals surface area contributed by atoms with E-state index in [1.54, 1.807) is 0 Å². The maximum absolute atomic E-state index is 12.0. The van der Waals surface area contributed by atoms with Gasteiger partial charge in [0.25, 0.3) is 5.91 Å². The van der Waals surface area contributed by atoms with Gasteiger partial charge in [-0.15, -0.1) is 0 Å². The zero-order valence-electron chi connectivity index (χ0n) is 13.8. The molecule has 2 aromatic rings. The molecule has 0 radical (unpaired) electrons. The van der Waals surface area contributed by atoms with Gasteiger partial charge in [-0.2, -0.15) is 0 Å². The van der Waals surface area contributed by atoms with Crippen LogP contribution in [0.3, 0.4) is 0 Å². The molecular formula is C19H19NO5. The minimum absolute atomic E-state index is 0.0709. The highest BCUT2D eigenvalue weighted by molar-refractivity contribution is 5.92. The highest BCUT2D eigenvalue weighted by Gasteiger charge is 2.19. The Balaban J connectivity index is 1.88. The summed E-state index contributed by atoms with van der Waals surface area (Å²) in [5, 5.41) is 11.9. The predicted octanol–water partition coefficient (Wildman–Crippen LogP) is 1.87. The van der Waals surface area contributed by atoms with Crippen LogP contribution in [0.2, 0.25) is 0 Å². The molecule has 1 atom stereocenters. The highest BCUT2D eigenvalue weighted by atomic mass is 16.5. The highest BCUT2D eigenvalue weighted by Crippen LogP contribution is 2.11. The van der Waals surface area contributed by atoms with Crippen molar-refractivity contribution in [1.82, 2.24) is 5.32 Å². The van der Waals surface area contributed by atoms with Crippen molar-refractivity contribution in [1.29, 1.82) is 0 Å². The van der Waals surface area contributed by atoms with E-state index in [1.807, 2.05) is 30.3 Å². The van der Waals surface area contributed by atoms with Crippen molar-refractivity contribution in [2.24, 2.45) is 0 Å². The van der Waals surface area contributed by atoms with Crippen molar-refractivity contribution in [3.8, 4) is 5.75 Å². The molecule has 0 fully saturated rings. The number of carbonyl (C=O) groups excluding carboxylic acids is 3. The van der Waals surface area contributed by atoms with E-state index >= 15 is 0 Å². The summed E-state index contributed by atoms with van der Waals surface area (Å²) in [5.74, 6) is -1.55. The van der Waals surface area contributed by atoms with Gasteiger partial charge >= 0.3 is 5.97 Å². The van der Waals surface area contributed by atoms with Gasteiger partial charge in [-0.1, -0.05) is 36.4 Å². The van der Waals surface area contributed by atoms with Crippen molar-refractivity contribution >= 4 is 17.7 Å². The summed E-state index contributed by atoms with van der Waals surface area (Å²) in [7, 11) is 0. The van der Waals surface area contributed by atoms with Gasteiger partial charge in [0.15, 0.2) is 12.4 Å². The Kier molecular flexibility index (Phi) is 6.28. The van der Waals surface area contributed by atoms with Crippen molar-refractivity contribution < 1.29 is 24.2 Å². The number of nitrogens with one attached hydrogen (secondary N) is 1. The van der Waals surface area contributed by atoms with E-state index in [2.05, 4.69) is 5.32 Å². The number of esters is 1. The SMILES string of the molecule is CC(=O)[C@H](Cc1ccccc1)NC(=O)COC(=O)c1cccc(O)c1. The molecule has 25 heavy (non-hydrogen) atoms. The molecule has 1 amide bonds. The number of ether oxygens (including phenoxy) is 1. The van der Waals surface area contributed by atoms with Crippen LogP contribution in [0.1, 0.15) is 22.8 Å². The minimum Gasteiger partial charge on any atom is -0.508 e. The van der Waals surface area contributed by atoms with Crippen LogP contribution in [0.5, 0.6) is 5.75 Å². The van der Waals surface area contributed by atoms with Crippen LogP contribution >= 0.6 is 0 Å². The lowest BCUT2D eigenvalue weighted by molar-refractivity contribution is -0.128. The van der Waals surface area contributed by atoms with Gasteiger partial charge in [-0.3, -0.25) is 9.59 Å². The lowest BCUT2D eigenvalue weighted by Crippen LogP contribution is -2.43. The zero-order valence-corrected chi connectivity index (χ0v) is 13.8. The lowest BCUT2D eigenvalue weighted by Gasteiger charge is -2.16. The van der Waals surface area contributed by atoms with Crippen molar-refractivity contribution in [2.75, 3.05) is 6.61 Å². The Morgan fingerprint density at radius 3 is 2.44 bits per heavy atom. The van der Waals surface area contributed by atoms with E-state index in [1.165, 1.54) is 31.2 Å². The number of amides is 1. The number of carbonyl (C=O) groups is 3. The normalized spacial score (nSPS) is 11.4. The van der Waals surface area contributed by atoms with Gasteiger partial charge in [0.05, 0.1) is 11.6 Å². The first kappa shape index (κ1) is 18.2. The second kappa shape index (κ2) is 8.63. The summed E-state index contributed by atoms with van der Waals surface area (Å²) in [5.41, 5.74) is 1.06. The molecule has 0 unspecified atom stereocenters. The van der Waals surface area contributed by atoms with Gasteiger partial charge in [-0.25, -0.2) is 4.79 Å². The summed E-state index contributed by atoms with van der Waals surface area (Å²) in [4.78, 5) is 35.5. The maximum atomic E-state index is 12.0. The van der Waals surface area contributed by atoms with Crippen molar-refractivity contribution in [3.05, 3.63) is 65.7 Å². The van der Waals surface area contributed by atoms with Crippen LogP contribution in [0, 0.1) is 0 Å². The van der Waals surface area contributed by atoms with Crippen LogP contribution in [-0.4, -0.2) is 35.4 Å². The summed E-state index contributed by atoms with van der Waals surface area (Å²) in [6.45, 7) is 0.889. The molecule has 130 valence electrons. The largest absolute Gasteiger partial charge is 0.508 e. The van der Waals surface area contributed by atoms with Gasteiger partial charge in [0.2, 0.25) is 0 Å². The van der Waals surface area contributed by atoms with Crippen LogP contribution in [0.4, 0.5) is 0 Å². The molecule has 0 heterocycles. The first-order chi connectivity index (χ1) is 12.0. The van der Waals surface area contributed by atoms with Gasteiger partial charge in [0, 0.05) is 0 Å². The summed E-state index contributed by atoms with van der Waals surface area (Å²) >= 11 is 0. The average Bonchev–Trinajstić information content (AvgIpc) is 2.60. The number of ketones is 1. The number of phenols is 1. The Labute approximate surface area is 145 Å². The molecule has 0 spiro atoms. The fourth-order valence-electron chi connectivity index (χ4n) is 2.23. The standard InChI is InChI=1S/C19H19NO5/c1-13(21)17(10-14-6-3-2-4-7-14)20-18(23)12-25-19(24)15-8-5-9-16(22)11-15/h2-9,11,17,22H,10,12H2,1H3,(H,20,23)/t17-/m0/s1. The predicted molar refractivity (Wildman–Crippen MR) is 91.1 cm³/mol. The third kappa shape index (κ3) is 5.76. The zero-order chi connectivity index (χ0) is 18.2. The van der Waals surface area contributed by atoms with E-state index < -0.39 is 24.5 Å². The molecular weight excluding hydrogens is 322 g/mol. The number of aromatic hydroxyl groups is 1. The Morgan fingerprint density at radius 2 is 1.80 bits per heavy atom. The van der Waals surface area contributed by atoms with Gasteiger partial charge in [-0.05, 0) is 37.1 Å². The molecule has 2 aromatic carbocycles. The molecule has 6 nitrogen and oxygen atoms in total. The first-order valence-electron chi connectivity index (χ1n) is 7.75. The number of Topliss-reactive ketones (excluding diaryl/α,β-unsaturated/α-hetero) is 1. The average molecular weight is 341 g/mol. The molecule has 2 N–H and O–H groups in total. The first-order valence-corrected chi connectivity index (χ1v) is 7.75. The van der Waals surface area contributed by atoms with E-state index in [9.17, 15) is 19.5 Å². The van der Waals surface area contributed by atoms with Crippen LogP contribution in [-0.2, 0) is 20.7 Å². The molecule has 2 rings (SSSR count). The number of rotatable bonds is 7. The second-order valence-corrected chi connectivity index (χ2v) is 5.55. The Morgan fingerprint density at radius 1 is 1.08 bits per heavy atom. The number of hydrogen-bond acceptors (Lipinski definition) is 5. The molecule has 0 aliphatic heterocycles. The maximum Gasteiger partial charge on any atom is 0.338 e. The minimum atomic E-state index is -0.728. The van der Waals surface area contributed by atoms with E-state index in [4.69, 9.17) is 4.74 Å². The molecule has 0 aliphatic rings. The molecule has 0 bridgehead atoms. The number of phenolic OH excluding ortho intramolecular Hbond substituents is 1. The molecule has 0 aromatic heterocycles. The molecule has 0 saturated heterocycles. The van der Waals surface area contributed by atoms with Crippen molar-refractivity contribution in [2.45, 2.75) is 19.4 Å². The van der Waals surface area contributed by atoms with E-state index in [0.29, 0.717) is 6.42 Å². The summed E-state index contributed by atoms with van der Waals surface area (Å²) < 4.78 is 4.90. The molecule has 0 aliphatic carbocycles. The monoisotopic (exact) mass is 341 g/mol. The number of hydrogen-bond donors (Lipinski definition) is 2. The van der Waals surface area contributed by atoms with Crippen molar-refractivity contribution in [3.63, 3.8) is 0 Å². The summed E-state index contributed by atoms with van der Waals surface area (Å²) in [6, 6.07) is 14.2. The lowest BCUT2D eigenvalue weighted by atomic mass is 10.0. The Bertz CT molecular complexity index is 757. The van der Waals surface area contributed by atoms with E-state index in [0.717, 1.165) is 5.56 Å². The third-order valence-corrected chi connectivity index (χ3v) is 3.52. The van der Waals surface area contributed by atoms with Gasteiger partial charge in [0.1, 0.15) is 5.75 Å². The van der Waals surface area contributed by atoms with Crippen LogP contribution in [0.25, 0.3) is 0 Å². The topological polar surface area (TPSA) is 92.7 Å². The van der Waals surface area contributed by atoms with E-state index in [-0.39, 0.29) is 17.1 Å². The summed E-state index contributed by atoms with van der Waals surface area (Å²) in [6.07, 6.45) is 0.364. The number of benzene rings is 2. The molecule has 6 heteroatoms. The second-order valence-electron chi connectivity index (χ2n) is 5.55. The fourth-order valence-corrected chi connectivity index (χ4v) is 2.23.